The molecule has 1 saturated carbocycles. The molecule has 0 bridgehead atoms. The van der Waals surface area contributed by atoms with Gasteiger partial charge in [-0.25, -0.2) is 5.01 Å². The summed E-state index contributed by atoms with van der Waals surface area (Å²) in [5.74, 6) is 0. The van der Waals surface area contributed by atoms with Crippen LogP contribution in [0.1, 0.15) is 32.1 Å². The molecule has 0 saturated heterocycles. The minimum atomic E-state index is 0.510. The Labute approximate surface area is 138 Å². The van der Waals surface area contributed by atoms with Crippen molar-refractivity contribution in [3.05, 3.63) is 60.7 Å². The maximum atomic E-state index is 5.36. The number of para-hydroxylation sites is 2. The topological polar surface area (TPSA) is 6.48 Å². The fourth-order valence-electron chi connectivity index (χ4n) is 3.23. The van der Waals surface area contributed by atoms with Gasteiger partial charge in [-0.3, -0.25) is 5.01 Å². The van der Waals surface area contributed by atoms with Crippen LogP contribution >= 0.6 is 12.2 Å². The van der Waals surface area contributed by atoms with Crippen LogP contribution in [0.2, 0.25) is 0 Å². The van der Waals surface area contributed by atoms with Gasteiger partial charge in [0.15, 0.2) is 0 Å². The van der Waals surface area contributed by atoms with Crippen molar-refractivity contribution in [1.29, 1.82) is 0 Å². The van der Waals surface area contributed by atoms with Gasteiger partial charge in [0.1, 0.15) is 0 Å². The van der Waals surface area contributed by atoms with Crippen molar-refractivity contribution in [3.8, 4) is 0 Å². The van der Waals surface area contributed by atoms with E-state index < -0.39 is 0 Å². The molecule has 1 fully saturated rings. The van der Waals surface area contributed by atoms with Crippen LogP contribution in [0.15, 0.2) is 60.7 Å². The van der Waals surface area contributed by atoms with E-state index in [1.54, 1.807) is 5.49 Å². The second kappa shape index (κ2) is 7.41. The van der Waals surface area contributed by atoms with Crippen LogP contribution in [0.5, 0.6) is 0 Å². The predicted molar refractivity (Wildman–Crippen MR) is 98.4 cm³/mol. The van der Waals surface area contributed by atoms with Crippen molar-refractivity contribution in [2.45, 2.75) is 38.1 Å². The van der Waals surface area contributed by atoms with Gasteiger partial charge in [-0.1, -0.05) is 67.9 Å². The molecule has 0 amide bonds. The van der Waals surface area contributed by atoms with E-state index in [0.717, 1.165) is 5.69 Å². The minimum Gasteiger partial charge on any atom is -0.278 e. The quantitative estimate of drug-likeness (QED) is 0.553. The monoisotopic (exact) mass is 310 g/mol. The number of hydrogen-bond donors (Lipinski definition) is 0. The van der Waals surface area contributed by atoms with E-state index in [2.05, 4.69) is 64.6 Å². The van der Waals surface area contributed by atoms with Crippen molar-refractivity contribution >= 4 is 29.1 Å². The highest BCUT2D eigenvalue weighted by Crippen LogP contribution is 2.30. The molecule has 0 radical (unpaired) electrons. The molecule has 2 aromatic rings. The molecule has 3 heteroatoms. The van der Waals surface area contributed by atoms with Crippen molar-refractivity contribution in [2.24, 2.45) is 0 Å². The first-order valence-corrected chi connectivity index (χ1v) is 8.51. The highest BCUT2D eigenvalue weighted by molar-refractivity contribution is 7.79. The molecule has 114 valence electrons. The van der Waals surface area contributed by atoms with Gasteiger partial charge in [-0.2, -0.15) is 0 Å². The van der Waals surface area contributed by atoms with Gasteiger partial charge in [0.2, 0.25) is 0 Å². The van der Waals surface area contributed by atoms with Gasteiger partial charge in [0.05, 0.1) is 22.9 Å². The summed E-state index contributed by atoms with van der Waals surface area (Å²) in [4.78, 5) is 0. The zero-order chi connectivity index (χ0) is 15.2. The molecule has 0 spiro atoms. The average Bonchev–Trinajstić information content (AvgIpc) is 2.62. The highest BCUT2D eigenvalue weighted by atomic mass is 32.1. The smallest absolute Gasteiger partial charge is 0.0900 e. The fraction of sp³-hybridized carbons (Fsp3) is 0.316. The van der Waals surface area contributed by atoms with Crippen LogP contribution < -0.4 is 10.0 Å². The third-order valence-corrected chi connectivity index (χ3v) is 4.49. The molecule has 0 N–H and O–H groups in total. The molecule has 22 heavy (non-hydrogen) atoms. The molecular weight excluding hydrogens is 288 g/mol. The lowest BCUT2D eigenvalue weighted by Crippen LogP contribution is -2.49. The van der Waals surface area contributed by atoms with E-state index in [4.69, 9.17) is 12.2 Å². The lowest BCUT2D eigenvalue weighted by molar-refractivity contribution is 0.418. The summed E-state index contributed by atoms with van der Waals surface area (Å²) in [6, 6.07) is 21.5. The predicted octanol–water partition coefficient (Wildman–Crippen LogP) is 5.20. The Morgan fingerprint density at radius 3 is 1.86 bits per heavy atom. The SMILES string of the molecule is S=CN(c1ccccc1)N(c1ccccc1)C1CCCCC1. The summed E-state index contributed by atoms with van der Waals surface area (Å²) in [5, 5.41) is 4.50. The number of benzene rings is 2. The van der Waals surface area contributed by atoms with E-state index >= 15 is 0 Å². The van der Waals surface area contributed by atoms with Crippen molar-refractivity contribution in [3.63, 3.8) is 0 Å². The molecule has 3 rings (SSSR count). The lowest BCUT2D eigenvalue weighted by Gasteiger charge is -2.42. The molecular formula is C19H22N2S. The Balaban J connectivity index is 1.98. The van der Waals surface area contributed by atoms with Crippen LogP contribution in [0.25, 0.3) is 0 Å². The molecule has 0 aliphatic heterocycles. The van der Waals surface area contributed by atoms with Crippen molar-refractivity contribution < 1.29 is 0 Å². The zero-order valence-corrected chi connectivity index (χ0v) is 13.6. The summed E-state index contributed by atoms with van der Waals surface area (Å²) in [7, 11) is 0. The van der Waals surface area contributed by atoms with E-state index in [0.29, 0.717) is 6.04 Å². The van der Waals surface area contributed by atoms with Gasteiger partial charge < -0.3 is 0 Å². The summed E-state index contributed by atoms with van der Waals surface area (Å²) < 4.78 is 0. The molecule has 2 aromatic carbocycles. The first kappa shape index (κ1) is 15.0. The first-order valence-electron chi connectivity index (χ1n) is 8.04. The standard InChI is InChI=1S/C19H22N2S/c22-16-20(17-10-4-1-5-11-17)21(18-12-6-2-7-13-18)19-14-8-3-9-15-19/h1-2,4-7,10-13,16,19H,3,8-9,14-15H2. The van der Waals surface area contributed by atoms with E-state index in [1.807, 2.05) is 6.07 Å². The van der Waals surface area contributed by atoms with Gasteiger partial charge in [-0.15, -0.1) is 0 Å². The Morgan fingerprint density at radius 1 is 0.773 bits per heavy atom. The van der Waals surface area contributed by atoms with Crippen LogP contribution in [-0.2, 0) is 0 Å². The molecule has 1 aliphatic rings. The molecule has 0 aromatic heterocycles. The van der Waals surface area contributed by atoms with Crippen LogP contribution in [0.3, 0.4) is 0 Å². The summed E-state index contributed by atoms with van der Waals surface area (Å²) in [6.45, 7) is 0. The van der Waals surface area contributed by atoms with Gasteiger partial charge >= 0.3 is 0 Å². The van der Waals surface area contributed by atoms with E-state index in [-0.39, 0.29) is 0 Å². The fourth-order valence-corrected chi connectivity index (χ4v) is 3.46. The Hall–Kier alpha value is -1.87. The van der Waals surface area contributed by atoms with Crippen molar-refractivity contribution in [2.75, 3.05) is 10.0 Å². The third-order valence-electron chi connectivity index (χ3n) is 4.29. The van der Waals surface area contributed by atoms with E-state index in [9.17, 15) is 0 Å². The van der Waals surface area contributed by atoms with E-state index in [1.165, 1.54) is 37.8 Å². The second-order valence-corrected chi connectivity index (χ2v) is 5.97. The molecule has 0 atom stereocenters. The Kier molecular flexibility index (Phi) is 5.07. The van der Waals surface area contributed by atoms with Crippen molar-refractivity contribution in [1.82, 2.24) is 0 Å². The van der Waals surface area contributed by atoms with Crippen LogP contribution in [0, 0.1) is 0 Å². The first-order chi connectivity index (χ1) is 10.9. The minimum absolute atomic E-state index is 0.510. The number of anilines is 2. The number of hydrazine groups is 1. The maximum Gasteiger partial charge on any atom is 0.0900 e. The van der Waals surface area contributed by atoms with Gasteiger partial charge in [0.25, 0.3) is 0 Å². The number of hydrogen-bond acceptors (Lipinski definition) is 2. The third kappa shape index (κ3) is 3.30. The lowest BCUT2D eigenvalue weighted by atomic mass is 9.94. The summed E-state index contributed by atoms with van der Waals surface area (Å²) in [6.07, 6.45) is 6.40. The van der Waals surface area contributed by atoms with Crippen LogP contribution in [-0.4, -0.2) is 11.5 Å². The molecule has 2 nitrogen and oxygen atoms in total. The normalized spacial score (nSPS) is 15.3. The summed E-state index contributed by atoms with van der Waals surface area (Å²) >= 11 is 5.36. The van der Waals surface area contributed by atoms with Crippen LogP contribution in [0.4, 0.5) is 11.4 Å². The number of thiocarbonyl (C=S) groups is 1. The Morgan fingerprint density at radius 2 is 1.32 bits per heavy atom. The molecule has 1 aliphatic carbocycles. The molecule has 0 heterocycles. The van der Waals surface area contributed by atoms with Gasteiger partial charge in [-0.05, 0) is 37.1 Å². The molecule has 0 unspecified atom stereocenters. The Bertz CT molecular complexity index is 579. The average molecular weight is 310 g/mol. The second-order valence-electron chi connectivity index (χ2n) is 5.76. The maximum absolute atomic E-state index is 5.36. The zero-order valence-electron chi connectivity index (χ0n) is 12.8. The largest absolute Gasteiger partial charge is 0.278 e. The number of nitrogens with zero attached hydrogens (tertiary/aromatic N) is 2. The number of rotatable bonds is 5. The summed E-state index contributed by atoms with van der Waals surface area (Å²) in [5.41, 5.74) is 4.09. The highest BCUT2D eigenvalue weighted by Gasteiger charge is 2.26. The van der Waals surface area contributed by atoms with Gasteiger partial charge in [0, 0.05) is 0 Å².